The number of aliphatic hydroxyl groups excluding tert-OH is 2. The Kier molecular flexibility index (Phi) is 7.62. The highest BCUT2D eigenvalue weighted by atomic mass is 16.4. The third kappa shape index (κ3) is 6.20. The van der Waals surface area contributed by atoms with Crippen molar-refractivity contribution in [3.63, 3.8) is 0 Å². The number of aliphatic hydroxyl groups is 2. The van der Waals surface area contributed by atoms with Crippen LogP contribution in [0.4, 0.5) is 11.4 Å². The molecular formula is C33H35N5O7. The molecule has 0 spiro atoms. The highest BCUT2D eigenvalue weighted by Gasteiger charge is 2.45. The van der Waals surface area contributed by atoms with Crippen molar-refractivity contribution in [3.8, 4) is 22.8 Å². The number of β-amino-alcohol motifs (C(OH)–C–C–N with tert-alkyl or cyclic N) is 2. The monoisotopic (exact) mass is 613 g/mol. The molecule has 2 aliphatic carbocycles. The smallest absolute Gasteiger partial charge is 0.247 e. The normalized spacial score (nSPS) is 24.5. The van der Waals surface area contributed by atoms with Crippen LogP contribution in [0, 0.1) is 11.8 Å². The highest BCUT2D eigenvalue weighted by Crippen LogP contribution is 2.35. The number of oxazole rings is 1. The van der Waals surface area contributed by atoms with Crippen molar-refractivity contribution in [3.05, 3.63) is 54.7 Å². The lowest BCUT2D eigenvalue weighted by Gasteiger charge is -2.23. The topological polar surface area (TPSA) is 165 Å². The van der Waals surface area contributed by atoms with E-state index < -0.39 is 24.3 Å². The lowest BCUT2D eigenvalue weighted by atomic mass is 10.1. The van der Waals surface area contributed by atoms with E-state index in [4.69, 9.17) is 4.42 Å². The van der Waals surface area contributed by atoms with Crippen LogP contribution in [0.3, 0.4) is 0 Å². The number of hydrogen-bond acceptors (Lipinski definition) is 8. The van der Waals surface area contributed by atoms with Crippen molar-refractivity contribution in [2.24, 2.45) is 11.8 Å². The lowest BCUT2D eigenvalue weighted by molar-refractivity contribution is -0.138. The Hall–Kier alpha value is -4.55. The van der Waals surface area contributed by atoms with Crippen molar-refractivity contribution in [2.75, 3.05) is 23.7 Å². The lowest BCUT2D eigenvalue weighted by Crippen LogP contribution is -2.43. The van der Waals surface area contributed by atoms with Crippen molar-refractivity contribution in [2.45, 2.75) is 62.8 Å². The Bertz CT molecular complexity index is 1490. The number of nitrogens with zero attached hydrogens (tertiary/aromatic N) is 3. The summed E-state index contributed by atoms with van der Waals surface area (Å²) in [6.45, 7) is 0.368. The van der Waals surface area contributed by atoms with Gasteiger partial charge in [-0.05, 0) is 74.2 Å². The number of benzene rings is 2. The minimum atomic E-state index is -0.707. The van der Waals surface area contributed by atoms with E-state index in [0.717, 1.165) is 31.2 Å². The van der Waals surface area contributed by atoms with Gasteiger partial charge in [-0.25, -0.2) is 4.98 Å². The molecule has 4 amide bonds. The summed E-state index contributed by atoms with van der Waals surface area (Å²) < 4.78 is 5.99. The van der Waals surface area contributed by atoms with E-state index in [-0.39, 0.29) is 61.4 Å². The fourth-order valence-electron chi connectivity index (χ4n) is 6.15. The van der Waals surface area contributed by atoms with Gasteiger partial charge in [-0.2, -0.15) is 0 Å². The van der Waals surface area contributed by atoms with E-state index in [2.05, 4.69) is 15.6 Å². The summed E-state index contributed by atoms with van der Waals surface area (Å²) in [6.07, 6.45) is 3.99. The molecule has 2 saturated carbocycles. The average molecular weight is 614 g/mol. The Morgan fingerprint density at radius 3 is 1.58 bits per heavy atom. The van der Waals surface area contributed by atoms with E-state index in [0.29, 0.717) is 28.6 Å². The van der Waals surface area contributed by atoms with Crippen LogP contribution in [0.25, 0.3) is 22.8 Å². The Labute approximate surface area is 259 Å². The van der Waals surface area contributed by atoms with E-state index in [1.54, 1.807) is 54.7 Å². The number of anilines is 2. The molecule has 4 atom stereocenters. The highest BCUT2D eigenvalue weighted by molar-refractivity contribution is 5.99. The van der Waals surface area contributed by atoms with Crippen molar-refractivity contribution in [1.29, 1.82) is 0 Å². The number of carbonyl (C=O) groups is 4. The number of nitrogens with one attached hydrogen (secondary N) is 2. The van der Waals surface area contributed by atoms with Gasteiger partial charge in [-0.15, -0.1) is 0 Å². The number of aromatic nitrogens is 1. The Balaban J connectivity index is 0.960. The first-order chi connectivity index (χ1) is 21.7. The molecule has 3 aromatic rings. The first kappa shape index (κ1) is 29.2. The molecule has 2 saturated heterocycles. The molecule has 12 nitrogen and oxygen atoms in total. The van der Waals surface area contributed by atoms with Gasteiger partial charge in [-0.3, -0.25) is 19.2 Å². The zero-order valence-corrected chi connectivity index (χ0v) is 24.6. The van der Waals surface area contributed by atoms with Gasteiger partial charge in [0, 0.05) is 60.3 Å². The van der Waals surface area contributed by atoms with Gasteiger partial charge in [0.25, 0.3) is 0 Å². The number of rotatable bonds is 8. The molecule has 4 N–H and O–H groups in total. The van der Waals surface area contributed by atoms with Crippen LogP contribution in [0.5, 0.6) is 0 Å². The quantitative estimate of drug-likeness (QED) is 0.301. The van der Waals surface area contributed by atoms with Crippen LogP contribution in [-0.2, 0) is 19.2 Å². The first-order valence-electron chi connectivity index (χ1n) is 15.5. The van der Waals surface area contributed by atoms with E-state index in [1.165, 1.54) is 9.80 Å². The maximum absolute atomic E-state index is 13.0. The van der Waals surface area contributed by atoms with E-state index in [1.807, 2.05) is 0 Å². The van der Waals surface area contributed by atoms with Gasteiger partial charge in [-0.1, -0.05) is 0 Å². The van der Waals surface area contributed by atoms with E-state index in [9.17, 15) is 29.4 Å². The van der Waals surface area contributed by atoms with Crippen molar-refractivity contribution < 1.29 is 33.8 Å². The van der Waals surface area contributed by atoms with Gasteiger partial charge in [0.05, 0.1) is 18.4 Å². The molecule has 2 aliphatic heterocycles. The largest absolute Gasteiger partial charge is 0.436 e. The number of amides is 4. The molecule has 4 fully saturated rings. The summed E-state index contributed by atoms with van der Waals surface area (Å²) in [5, 5.41) is 25.9. The number of hydrogen-bond donors (Lipinski definition) is 4. The Morgan fingerprint density at radius 1 is 0.689 bits per heavy atom. The maximum atomic E-state index is 13.0. The predicted molar refractivity (Wildman–Crippen MR) is 162 cm³/mol. The third-order valence-corrected chi connectivity index (χ3v) is 8.92. The molecule has 0 bridgehead atoms. The van der Waals surface area contributed by atoms with Gasteiger partial charge in [0.2, 0.25) is 29.5 Å². The van der Waals surface area contributed by atoms with Crippen molar-refractivity contribution >= 4 is 35.0 Å². The molecular weight excluding hydrogens is 578 g/mol. The zero-order valence-electron chi connectivity index (χ0n) is 24.6. The SMILES string of the molecule is O=C(Nc1ccc(-c2cnc(-c3ccc(NC(=O)C4CC(O)CN4C(=O)C4CC4)cc3)o2)cc1)C1CC(O)CN1C(=O)C1CC1. The summed E-state index contributed by atoms with van der Waals surface area (Å²) in [4.78, 5) is 58.5. The van der Waals surface area contributed by atoms with Crippen molar-refractivity contribution in [1.82, 2.24) is 14.8 Å². The minimum Gasteiger partial charge on any atom is -0.436 e. The number of carbonyl (C=O) groups excluding carboxylic acids is 4. The second-order valence-corrected chi connectivity index (χ2v) is 12.5. The maximum Gasteiger partial charge on any atom is 0.247 e. The van der Waals surface area contributed by atoms with Crippen LogP contribution in [0.15, 0.2) is 59.1 Å². The molecule has 45 heavy (non-hydrogen) atoms. The average Bonchev–Trinajstić information content (AvgIpc) is 3.94. The standard InChI is InChI=1S/C33H35N5O7/c39-24-13-26(37(16-24)32(43)20-1-2-20)29(41)35-22-9-5-18(6-10-22)28-15-34-31(45-28)19-7-11-23(12-8-19)36-30(42)27-14-25(40)17-38(27)33(44)21-3-4-21/h5-12,15,20-21,24-27,39-40H,1-4,13-14,16-17H2,(H,35,41)(H,36,42). The molecule has 1 aromatic heterocycles. The molecule has 3 heterocycles. The van der Waals surface area contributed by atoms with Gasteiger partial charge in [0.15, 0.2) is 5.76 Å². The summed E-state index contributed by atoms with van der Waals surface area (Å²) in [6, 6.07) is 12.7. The fourth-order valence-corrected chi connectivity index (χ4v) is 6.15. The summed E-state index contributed by atoms with van der Waals surface area (Å²) >= 11 is 0. The van der Waals surface area contributed by atoms with Gasteiger partial charge >= 0.3 is 0 Å². The molecule has 0 radical (unpaired) electrons. The number of likely N-dealkylation sites (tertiary alicyclic amines) is 2. The third-order valence-electron chi connectivity index (χ3n) is 8.92. The summed E-state index contributed by atoms with van der Waals surface area (Å²) in [7, 11) is 0. The summed E-state index contributed by atoms with van der Waals surface area (Å²) in [5.41, 5.74) is 2.57. The molecule has 2 aromatic carbocycles. The molecule has 4 aliphatic rings. The van der Waals surface area contributed by atoms with Gasteiger partial charge < -0.3 is 35.1 Å². The minimum absolute atomic E-state index is 0.0243. The Morgan fingerprint density at radius 2 is 1.13 bits per heavy atom. The second kappa shape index (κ2) is 11.8. The van der Waals surface area contributed by atoms with Crippen LogP contribution in [0.1, 0.15) is 38.5 Å². The molecule has 7 rings (SSSR count). The zero-order chi connectivity index (χ0) is 31.2. The molecule has 12 heteroatoms. The van der Waals surface area contributed by atoms with Crippen LogP contribution >= 0.6 is 0 Å². The first-order valence-corrected chi connectivity index (χ1v) is 15.5. The van der Waals surface area contributed by atoms with Crippen LogP contribution in [0.2, 0.25) is 0 Å². The second-order valence-electron chi connectivity index (χ2n) is 12.5. The van der Waals surface area contributed by atoms with Crippen LogP contribution in [-0.4, -0.2) is 86.0 Å². The predicted octanol–water partition coefficient (Wildman–Crippen LogP) is 2.63. The fraction of sp³-hybridized carbons (Fsp3) is 0.424. The van der Waals surface area contributed by atoms with Gasteiger partial charge in [0.1, 0.15) is 12.1 Å². The summed E-state index contributed by atoms with van der Waals surface area (Å²) in [5.74, 6) is 0.114. The van der Waals surface area contributed by atoms with E-state index >= 15 is 0 Å². The van der Waals surface area contributed by atoms with Crippen LogP contribution < -0.4 is 10.6 Å². The molecule has 4 unspecified atom stereocenters. The molecule has 234 valence electrons.